The molecule has 9 heteroatoms. The zero-order valence-corrected chi connectivity index (χ0v) is 20.2. The minimum Gasteiger partial charge on any atom is -0.478 e. The van der Waals surface area contributed by atoms with Crippen LogP contribution >= 0.6 is 0 Å². The maximum Gasteiger partial charge on any atom is 0.337 e. The predicted octanol–water partition coefficient (Wildman–Crippen LogP) is 3.91. The van der Waals surface area contributed by atoms with Gasteiger partial charge in [0.05, 0.1) is 16.1 Å². The fourth-order valence-corrected chi connectivity index (χ4v) is 5.38. The minimum absolute atomic E-state index is 0.0860. The third-order valence-corrected chi connectivity index (χ3v) is 7.28. The highest BCUT2D eigenvalue weighted by molar-refractivity contribution is 7.92. The van der Waals surface area contributed by atoms with E-state index in [1.54, 1.807) is 12.1 Å². The molecule has 0 amide bonds. The summed E-state index contributed by atoms with van der Waals surface area (Å²) in [5, 5.41) is 9.45. The number of sulfonamides is 1. The molecular weight excluding hydrogens is 452 g/mol. The summed E-state index contributed by atoms with van der Waals surface area (Å²) in [6.45, 7) is 7.91. The lowest BCUT2D eigenvalue weighted by Gasteiger charge is -2.42. The van der Waals surface area contributed by atoms with Crippen LogP contribution in [0.3, 0.4) is 0 Å². The van der Waals surface area contributed by atoms with E-state index < -0.39 is 16.0 Å². The number of pyridine rings is 1. The zero-order valence-electron chi connectivity index (χ0n) is 19.4. The lowest BCUT2D eigenvalue weighted by molar-refractivity contribution is 0.0696. The molecule has 3 aromatic rings. The first-order chi connectivity index (χ1) is 16.1. The van der Waals surface area contributed by atoms with Gasteiger partial charge in [0.15, 0.2) is 5.82 Å². The SMILES string of the molecule is Cc1cccc(N2CCN(c3ncc(C(=O)O)cc3NS(=O)(=O)c3cccc(C)c3)C[C@@H]2C)c1. The van der Waals surface area contributed by atoms with Crippen LogP contribution in [-0.2, 0) is 10.0 Å². The van der Waals surface area contributed by atoms with Crippen molar-refractivity contribution >= 4 is 33.2 Å². The zero-order chi connectivity index (χ0) is 24.5. The third kappa shape index (κ3) is 4.99. The van der Waals surface area contributed by atoms with Crippen molar-refractivity contribution in [3.63, 3.8) is 0 Å². The normalized spacial score (nSPS) is 16.4. The number of carboxylic acid groups (broad SMARTS) is 1. The van der Waals surface area contributed by atoms with E-state index in [1.807, 2.05) is 24.0 Å². The number of nitrogens with one attached hydrogen (secondary N) is 1. The van der Waals surface area contributed by atoms with E-state index in [0.29, 0.717) is 18.9 Å². The molecule has 0 bridgehead atoms. The summed E-state index contributed by atoms with van der Waals surface area (Å²) in [7, 11) is -3.93. The Morgan fingerprint density at radius 2 is 1.76 bits per heavy atom. The van der Waals surface area contributed by atoms with Gasteiger partial charge in [0.25, 0.3) is 10.0 Å². The molecule has 2 aromatic carbocycles. The van der Waals surface area contributed by atoms with Gasteiger partial charge in [-0.25, -0.2) is 18.2 Å². The van der Waals surface area contributed by atoms with Gasteiger partial charge in [-0.05, 0) is 62.2 Å². The summed E-state index contributed by atoms with van der Waals surface area (Å²) in [5.74, 6) is -0.760. The van der Waals surface area contributed by atoms with Gasteiger partial charge < -0.3 is 14.9 Å². The van der Waals surface area contributed by atoms with Gasteiger partial charge >= 0.3 is 5.97 Å². The third-order valence-electron chi connectivity index (χ3n) is 5.92. The van der Waals surface area contributed by atoms with Gasteiger partial charge in [0.1, 0.15) is 0 Å². The second-order valence-corrected chi connectivity index (χ2v) is 10.3. The fourth-order valence-electron chi connectivity index (χ4n) is 4.23. The number of hydrogen-bond donors (Lipinski definition) is 2. The Balaban J connectivity index is 1.64. The van der Waals surface area contributed by atoms with E-state index in [1.165, 1.54) is 23.9 Å². The second-order valence-electron chi connectivity index (χ2n) is 8.65. The van der Waals surface area contributed by atoms with E-state index >= 15 is 0 Å². The first-order valence-electron chi connectivity index (χ1n) is 11.0. The van der Waals surface area contributed by atoms with Crippen molar-refractivity contribution in [2.45, 2.75) is 31.7 Å². The number of aromatic carboxylic acids is 1. The van der Waals surface area contributed by atoms with Gasteiger partial charge in [-0.15, -0.1) is 0 Å². The molecule has 34 heavy (non-hydrogen) atoms. The van der Waals surface area contributed by atoms with Gasteiger partial charge in [-0.1, -0.05) is 24.3 Å². The van der Waals surface area contributed by atoms with Crippen LogP contribution in [0.25, 0.3) is 0 Å². The Bertz CT molecular complexity index is 1330. The molecule has 2 heterocycles. The molecule has 4 rings (SSSR count). The molecule has 0 radical (unpaired) electrons. The Morgan fingerprint density at radius 1 is 1.06 bits per heavy atom. The Kier molecular flexibility index (Phi) is 6.47. The van der Waals surface area contributed by atoms with Crippen LogP contribution in [0.15, 0.2) is 65.7 Å². The maximum absolute atomic E-state index is 13.1. The highest BCUT2D eigenvalue weighted by Gasteiger charge is 2.28. The molecule has 0 unspecified atom stereocenters. The molecular formula is C25H28N4O4S. The van der Waals surface area contributed by atoms with E-state index in [9.17, 15) is 18.3 Å². The van der Waals surface area contributed by atoms with Crippen LogP contribution < -0.4 is 14.5 Å². The van der Waals surface area contributed by atoms with Crippen LogP contribution in [0.1, 0.15) is 28.4 Å². The number of benzene rings is 2. The Labute approximate surface area is 199 Å². The highest BCUT2D eigenvalue weighted by atomic mass is 32.2. The van der Waals surface area contributed by atoms with Crippen LogP contribution in [0.4, 0.5) is 17.2 Å². The summed E-state index contributed by atoms with van der Waals surface area (Å²) in [6, 6.07) is 16.3. The van der Waals surface area contributed by atoms with Crippen molar-refractivity contribution in [2.75, 3.05) is 34.2 Å². The summed E-state index contributed by atoms with van der Waals surface area (Å²) < 4.78 is 28.8. The average Bonchev–Trinajstić information content (AvgIpc) is 2.78. The molecule has 1 fully saturated rings. The summed E-state index contributed by atoms with van der Waals surface area (Å²) in [5.41, 5.74) is 3.20. The predicted molar refractivity (Wildman–Crippen MR) is 133 cm³/mol. The van der Waals surface area contributed by atoms with Crippen LogP contribution in [0.5, 0.6) is 0 Å². The molecule has 1 aliphatic rings. The largest absolute Gasteiger partial charge is 0.478 e. The Hall–Kier alpha value is -3.59. The molecule has 1 saturated heterocycles. The second kappa shape index (κ2) is 9.34. The van der Waals surface area contributed by atoms with Gasteiger partial charge in [-0.3, -0.25) is 4.72 Å². The number of anilines is 3. The van der Waals surface area contributed by atoms with Gasteiger partial charge in [0, 0.05) is 37.6 Å². The van der Waals surface area contributed by atoms with Crippen molar-refractivity contribution in [3.05, 3.63) is 77.5 Å². The maximum atomic E-state index is 13.1. The molecule has 0 aliphatic carbocycles. The van der Waals surface area contributed by atoms with E-state index in [0.717, 1.165) is 17.8 Å². The minimum atomic E-state index is -3.93. The van der Waals surface area contributed by atoms with Crippen molar-refractivity contribution in [1.82, 2.24) is 4.98 Å². The number of carbonyl (C=O) groups is 1. The number of hydrogen-bond acceptors (Lipinski definition) is 6. The molecule has 8 nitrogen and oxygen atoms in total. The first kappa shape index (κ1) is 23.6. The van der Waals surface area contributed by atoms with E-state index in [-0.39, 0.29) is 22.2 Å². The quantitative estimate of drug-likeness (QED) is 0.551. The fraction of sp³-hybridized carbons (Fsp3) is 0.280. The first-order valence-corrected chi connectivity index (χ1v) is 12.5. The number of piperazine rings is 1. The van der Waals surface area contributed by atoms with Crippen molar-refractivity contribution < 1.29 is 18.3 Å². The van der Waals surface area contributed by atoms with Gasteiger partial charge in [-0.2, -0.15) is 0 Å². The number of carboxylic acids is 1. The molecule has 2 N–H and O–H groups in total. The summed E-state index contributed by atoms with van der Waals surface area (Å²) in [6.07, 6.45) is 1.26. The molecule has 1 aliphatic heterocycles. The number of nitrogens with zero attached hydrogens (tertiary/aromatic N) is 3. The monoisotopic (exact) mass is 480 g/mol. The molecule has 178 valence electrons. The van der Waals surface area contributed by atoms with Crippen LogP contribution in [-0.4, -0.2) is 50.2 Å². The van der Waals surface area contributed by atoms with E-state index in [4.69, 9.17) is 0 Å². The topological polar surface area (TPSA) is 103 Å². The lowest BCUT2D eigenvalue weighted by Crippen LogP contribution is -2.52. The Morgan fingerprint density at radius 3 is 2.41 bits per heavy atom. The standard InChI is InChI=1S/C25H28N4O4S/c1-17-6-4-8-21(12-17)29-11-10-28(16-19(29)3)24-23(14-20(15-26-24)25(30)31)27-34(32,33)22-9-5-7-18(2)13-22/h4-9,12-15,19,27H,10-11,16H2,1-3H3,(H,30,31)/t19-/m0/s1. The number of aryl methyl sites for hydroxylation is 2. The average molecular weight is 481 g/mol. The number of rotatable bonds is 6. The van der Waals surface area contributed by atoms with E-state index in [2.05, 4.69) is 46.7 Å². The van der Waals surface area contributed by atoms with Crippen molar-refractivity contribution in [1.29, 1.82) is 0 Å². The highest BCUT2D eigenvalue weighted by Crippen LogP contribution is 2.30. The van der Waals surface area contributed by atoms with Crippen LogP contribution in [0.2, 0.25) is 0 Å². The number of aromatic nitrogens is 1. The van der Waals surface area contributed by atoms with Crippen molar-refractivity contribution in [3.8, 4) is 0 Å². The molecule has 0 spiro atoms. The smallest absolute Gasteiger partial charge is 0.337 e. The molecule has 1 aromatic heterocycles. The van der Waals surface area contributed by atoms with Gasteiger partial charge in [0.2, 0.25) is 0 Å². The molecule has 1 atom stereocenters. The summed E-state index contributed by atoms with van der Waals surface area (Å²) >= 11 is 0. The van der Waals surface area contributed by atoms with Crippen LogP contribution in [0, 0.1) is 13.8 Å². The van der Waals surface area contributed by atoms with Crippen molar-refractivity contribution in [2.24, 2.45) is 0 Å². The lowest BCUT2D eigenvalue weighted by atomic mass is 10.1. The molecule has 0 saturated carbocycles. The summed E-state index contributed by atoms with van der Waals surface area (Å²) in [4.78, 5) is 20.3.